The average molecular weight is 438 g/mol. The lowest BCUT2D eigenvalue weighted by Crippen LogP contribution is -2.37. The third-order valence-electron chi connectivity index (χ3n) is 4.19. The minimum absolute atomic E-state index is 0.0670. The topological polar surface area (TPSA) is 70.6 Å². The number of anilines is 1. The van der Waals surface area contributed by atoms with Crippen LogP contribution in [-0.2, 0) is 17.9 Å². The highest BCUT2D eigenvalue weighted by Crippen LogP contribution is 2.16. The summed E-state index contributed by atoms with van der Waals surface area (Å²) in [5, 5.41) is 9.80. The summed E-state index contributed by atoms with van der Waals surface area (Å²) in [6.07, 6.45) is -0.560. The molecule has 3 N–H and O–H groups in total. The Hall–Kier alpha value is -2.81. The Morgan fingerprint density at radius 2 is 1.74 bits per heavy atom. The fourth-order valence-electron chi connectivity index (χ4n) is 2.68. The van der Waals surface area contributed by atoms with Gasteiger partial charge in [0.1, 0.15) is 12.4 Å². The van der Waals surface area contributed by atoms with Gasteiger partial charge in [-0.2, -0.15) is 13.2 Å². The SMILES string of the molecule is CCNC(=NCc1ccc(COCC(F)(F)F)cc1)NCCCCNc1ccccn1. The number of ether oxygens (including phenoxy) is 1. The number of hydrogen-bond acceptors (Lipinski definition) is 4. The quantitative estimate of drug-likeness (QED) is 0.265. The van der Waals surface area contributed by atoms with E-state index in [1.807, 2.05) is 37.3 Å². The Balaban J connectivity index is 1.68. The maximum Gasteiger partial charge on any atom is 0.411 e. The van der Waals surface area contributed by atoms with Gasteiger partial charge in [-0.3, -0.25) is 0 Å². The summed E-state index contributed by atoms with van der Waals surface area (Å²) in [6, 6.07) is 13.0. The van der Waals surface area contributed by atoms with Gasteiger partial charge in [0.05, 0.1) is 13.2 Å². The Labute approximate surface area is 181 Å². The van der Waals surface area contributed by atoms with Crippen LogP contribution in [0.2, 0.25) is 0 Å². The Morgan fingerprint density at radius 3 is 2.42 bits per heavy atom. The van der Waals surface area contributed by atoms with E-state index in [9.17, 15) is 13.2 Å². The summed E-state index contributed by atoms with van der Waals surface area (Å²) in [7, 11) is 0. The van der Waals surface area contributed by atoms with E-state index in [1.54, 1.807) is 18.3 Å². The van der Waals surface area contributed by atoms with Gasteiger partial charge in [0.25, 0.3) is 0 Å². The van der Waals surface area contributed by atoms with Gasteiger partial charge < -0.3 is 20.7 Å². The van der Waals surface area contributed by atoms with Gasteiger partial charge in [-0.15, -0.1) is 0 Å². The Kier molecular flexibility index (Phi) is 10.6. The molecule has 1 aromatic heterocycles. The largest absolute Gasteiger partial charge is 0.411 e. The van der Waals surface area contributed by atoms with E-state index in [1.165, 1.54) is 0 Å². The van der Waals surface area contributed by atoms with E-state index in [0.29, 0.717) is 12.1 Å². The van der Waals surface area contributed by atoms with Gasteiger partial charge in [-0.1, -0.05) is 30.3 Å². The molecule has 2 rings (SSSR count). The standard InChI is InChI=1S/C22H30F3N5O/c1-2-26-21(29-14-6-5-13-28-20-7-3-4-12-27-20)30-15-18-8-10-19(11-9-18)16-31-17-22(23,24)25/h3-4,7-12H,2,5-6,13-17H2,1H3,(H,27,28)(H2,26,29,30). The van der Waals surface area contributed by atoms with Gasteiger partial charge >= 0.3 is 6.18 Å². The van der Waals surface area contributed by atoms with Gasteiger partial charge in [0.2, 0.25) is 0 Å². The first-order valence-corrected chi connectivity index (χ1v) is 10.4. The monoisotopic (exact) mass is 437 g/mol. The molecule has 0 amide bonds. The molecule has 0 saturated heterocycles. The molecule has 0 bridgehead atoms. The van der Waals surface area contributed by atoms with Crippen LogP contribution in [0.4, 0.5) is 19.0 Å². The Bertz CT molecular complexity index is 767. The van der Waals surface area contributed by atoms with Gasteiger partial charge in [-0.25, -0.2) is 9.98 Å². The summed E-state index contributed by atoms with van der Waals surface area (Å²) >= 11 is 0. The van der Waals surface area contributed by atoms with Crippen molar-refractivity contribution in [3.05, 3.63) is 59.8 Å². The van der Waals surface area contributed by atoms with E-state index in [0.717, 1.165) is 49.8 Å². The molecule has 0 atom stereocenters. The molecule has 1 heterocycles. The molecule has 0 aliphatic rings. The Morgan fingerprint density at radius 1 is 1.00 bits per heavy atom. The number of hydrogen-bond donors (Lipinski definition) is 3. The third kappa shape index (κ3) is 11.2. The van der Waals surface area contributed by atoms with Crippen LogP contribution in [0.3, 0.4) is 0 Å². The lowest BCUT2D eigenvalue weighted by molar-refractivity contribution is -0.176. The zero-order valence-electron chi connectivity index (χ0n) is 17.7. The van der Waals surface area contributed by atoms with Crippen molar-refractivity contribution < 1.29 is 17.9 Å². The number of alkyl halides is 3. The fourth-order valence-corrected chi connectivity index (χ4v) is 2.68. The van der Waals surface area contributed by atoms with E-state index < -0.39 is 12.8 Å². The molecular weight excluding hydrogens is 407 g/mol. The maximum atomic E-state index is 12.1. The third-order valence-corrected chi connectivity index (χ3v) is 4.19. The van der Waals surface area contributed by atoms with Crippen molar-refractivity contribution in [3.8, 4) is 0 Å². The first kappa shape index (κ1) is 24.5. The van der Waals surface area contributed by atoms with Crippen molar-refractivity contribution in [1.29, 1.82) is 0 Å². The molecular formula is C22H30F3N5O. The lowest BCUT2D eigenvalue weighted by atomic mass is 10.1. The van der Waals surface area contributed by atoms with Gasteiger partial charge in [-0.05, 0) is 43.0 Å². The van der Waals surface area contributed by atoms with Crippen LogP contribution in [0.15, 0.2) is 53.7 Å². The smallest absolute Gasteiger partial charge is 0.370 e. The van der Waals surface area contributed by atoms with Gasteiger partial charge in [0.15, 0.2) is 5.96 Å². The summed E-state index contributed by atoms with van der Waals surface area (Å²) in [6.45, 7) is 3.57. The number of guanidine groups is 1. The number of nitrogens with one attached hydrogen (secondary N) is 3. The first-order valence-electron chi connectivity index (χ1n) is 10.4. The number of aliphatic imine (C=N–C) groups is 1. The minimum atomic E-state index is -4.31. The summed E-state index contributed by atoms with van der Waals surface area (Å²) in [5.74, 6) is 1.61. The lowest BCUT2D eigenvalue weighted by Gasteiger charge is -2.12. The van der Waals surface area contributed by atoms with Crippen LogP contribution in [0.25, 0.3) is 0 Å². The molecule has 2 aromatic rings. The molecule has 0 saturated carbocycles. The molecule has 0 aliphatic heterocycles. The predicted octanol–water partition coefficient (Wildman–Crippen LogP) is 4.11. The number of rotatable bonds is 12. The molecule has 170 valence electrons. The van der Waals surface area contributed by atoms with Gasteiger partial charge in [0, 0.05) is 25.8 Å². The molecule has 0 fully saturated rings. The van der Waals surface area contributed by atoms with Crippen LogP contribution >= 0.6 is 0 Å². The van der Waals surface area contributed by atoms with Crippen molar-refractivity contribution >= 4 is 11.8 Å². The fraction of sp³-hybridized carbons (Fsp3) is 0.455. The van der Waals surface area contributed by atoms with Crippen molar-refractivity contribution in [2.75, 3.05) is 31.6 Å². The molecule has 6 nitrogen and oxygen atoms in total. The number of unbranched alkanes of at least 4 members (excludes halogenated alkanes) is 1. The highest BCUT2D eigenvalue weighted by atomic mass is 19.4. The molecule has 0 spiro atoms. The number of pyridine rings is 1. The second-order valence-corrected chi connectivity index (χ2v) is 6.90. The number of benzene rings is 1. The highest BCUT2D eigenvalue weighted by molar-refractivity contribution is 5.79. The van der Waals surface area contributed by atoms with Crippen molar-refractivity contribution in [2.24, 2.45) is 4.99 Å². The second kappa shape index (κ2) is 13.5. The molecule has 1 aromatic carbocycles. The van der Waals surface area contributed by atoms with Crippen LogP contribution in [0.5, 0.6) is 0 Å². The maximum absolute atomic E-state index is 12.1. The summed E-state index contributed by atoms with van der Waals surface area (Å²) in [4.78, 5) is 8.79. The normalized spacial score (nSPS) is 11.9. The number of halogens is 3. The minimum Gasteiger partial charge on any atom is -0.370 e. The van der Waals surface area contributed by atoms with Crippen molar-refractivity contribution in [2.45, 2.75) is 39.1 Å². The predicted molar refractivity (Wildman–Crippen MR) is 117 cm³/mol. The van der Waals surface area contributed by atoms with E-state index in [2.05, 4.69) is 30.7 Å². The van der Waals surface area contributed by atoms with Crippen LogP contribution < -0.4 is 16.0 Å². The molecule has 0 radical (unpaired) electrons. The second-order valence-electron chi connectivity index (χ2n) is 6.90. The van der Waals surface area contributed by atoms with Crippen molar-refractivity contribution in [1.82, 2.24) is 15.6 Å². The summed E-state index contributed by atoms with van der Waals surface area (Å²) < 4.78 is 41.0. The summed E-state index contributed by atoms with van der Waals surface area (Å²) in [5.41, 5.74) is 1.66. The van der Waals surface area contributed by atoms with Crippen LogP contribution in [0.1, 0.15) is 30.9 Å². The van der Waals surface area contributed by atoms with E-state index in [-0.39, 0.29) is 6.61 Å². The van der Waals surface area contributed by atoms with Crippen LogP contribution in [0, 0.1) is 0 Å². The molecule has 0 unspecified atom stereocenters. The number of nitrogens with zero attached hydrogens (tertiary/aromatic N) is 2. The highest BCUT2D eigenvalue weighted by Gasteiger charge is 2.27. The molecule has 0 aliphatic carbocycles. The first-order chi connectivity index (χ1) is 15.0. The average Bonchev–Trinajstić information content (AvgIpc) is 2.75. The van der Waals surface area contributed by atoms with Crippen LogP contribution in [-0.4, -0.2) is 43.4 Å². The molecule has 31 heavy (non-hydrogen) atoms. The van der Waals surface area contributed by atoms with E-state index >= 15 is 0 Å². The van der Waals surface area contributed by atoms with Crippen molar-refractivity contribution in [3.63, 3.8) is 0 Å². The van der Waals surface area contributed by atoms with E-state index in [4.69, 9.17) is 0 Å². The number of aromatic nitrogens is 1. The molecule has 9 heteroatoms. The zero-order valence-corrected chi connectivity index (χ0v) is 17.7. The zero-order chi connectivity index (χ0) is 22.4.